The lowest BCUT2D eigenvalue weighted by Crippen LogP contribution is -2.66. The molecular weight excluding hydrogens is 975 g/mol. The van der Waals surface area contributed by atoms with Crippen molar-refractivity contribution in [3.8, 4) is 0 Å². The number of unbranched alkanes of at least 4 members (excludes halogenated alkanes) is 15. The molecule has 0 bridgehead atoms. The number of allylic oxidation sites excluding steroid dienone is 9. The van der Waals surface area contributed by atoms with E-state index in [9.17, 15) is 61.0 Å². The molecule has 0 aliphatic carbocycles. The van der Waals surface area contributed by atoms with Crippen molar-refractivity contribution in [1.29, 1.82) is 0 Å². The summed E-state index contributed by atoms with van der Waals surface area (Å²) in [5.41, 5.74) is 0. The third kappa shape index (κ3) is 24.6. The van der Waals surface area contributed by atoms with Crippen LogP contribution < -0.4 is 5.32 Å². The predicted molar refractivity (Wildman–Crippen MR) is 282 cm³/mol. The zero-order chi connectivity index (χ0) is 54.8. The summed E-state index contributed by atoms with van der Waals surface area (Å²) in [6, 6.07) is -0.999. The fraction of sp³-hybridized carbons (Fsp3) is 0.804. The van der Waals surface area contributed by atoms with Crippen LogP contribution >= 0.6 is 0 Å². The molecule has 0 radical (unpaired) electrons. The van der Waals surface area contributed by atoms with Crippen molar-refractivity contribution < 1.29 is 89.4 Å². The first-order chi connectivity index (χ1) is 36.3. The van der Waals surface area contributed by atoms with Crippen LogP contribution in [0.4, 0.5) is 0 Å². The van der Waals surface area contributed by atoms with Gasteiger partial charge in [-0.15, -0.1) is 0 Å². The normalized spacial score (nSPS) is 31.7. The van der Waals surface area contributed by atoms with Crippen molar-refractivity contribution in [1.82, 2.24) is 5.32 Å². The molecule has 75 heavy (non-hydrogen) atoms. The lowest BCUT2D eigenvalue weighted by atomic mass is 9.96. The van der Waals surface area contributed by atoms with Crippen LogP contribution in [0, 0.1) is 0 Å². The van der Waals surface area contributed by atoms with Gasteiger partial charge in [-0.25, -0.2) is 0 Å². The Labute approximate surface area is 445 Å². The first-order valence-corrected chi connectivity index (χ1v) is 28.0. The van der Waals surface area contributed by atoms with Crippen LogP contribution in [0.5, 0.6) is 0 Å². The summed E-state index contributed by atoms with van der Waals surface area (Å²) in [5.74, 6) is -0.307. The molecule has 0 aromatic carbocycles. The molecule has 3 saturated heterocycles. The maximum Gasteiger partial charge on any atom is 0.220 e. The zero-order valence-electron chi connectivity index (χ0n) is 44.8. The van der Waals surface area contributed by atoms with E-state index in [0.29, 0.717) is 12.8 Å². The van der Waals surface area contributed by atoms with E-state index in [4.69, 9.17) is 28.4 Å². The fourth-order valence-electron chi connectivity index (χ4n) is 9.16. The van der Waals surface area contributed by atoms with E-state index in [0.717, 1.165) is 70.6 Å². The highest BCUT2D eigenvalue weighted by atomic mass is 16.8. The summed E-state index contributed by atoms with van der Waals surface area (Å²) in [4.78, 5) is 13.3. The fourth-order valence-corrected chi connectivity index (χ4v) is 9.16. The SMILES string of the molecule is CC/C=C\C/C=C\C/C=C\CCCCCCCC(=O)NC(COC1OC(CO)C(OC2OC(CO)C(OC3OC(CO)C(O)C(O)C3O)C(O)C2O)C(O)C1O)C(O)/C=C/CC/C=C/CCCCCCCCCCC. The number of hydrogen-bond acceptors (Lipinski definition) is 18. The molecule has 19 heteroatoms. The minimum absolute atomic E-state index is 0.213. The number of ether oxygens (including phenoxy) is 6. The van der Waals surface area contributed by atoms with Crippen molar-refractivity contribution in [2.75, 3.05) is 26.4 Å². The Bertz CT molecular complexity index is 1610. The first-order valence-electron chi connectivity index (χ1n) is 28.0. The minimum Gasteiger partial charge on any atom is -0.394 e. The van der Waals surface area contributed by atoms with Gasteiger partial charge in [0, 0.05) is 6.42 Å². The van der Waals surface area contributed by atoms with Gasteiger partial charge in [0.1, 0.15) is 73.2 Å². The lowest BCUT2D eigenvalue weighted by Gasteiger charge is -2.48. The number of rotatable bonds is 39. The highest BCUT2D eigenvalue weighted by molar-refractivity contribution is 5.76. The molecule has 434 valence electrons. The average molecular weight is 1070 g/mol. The number of hydrogen-bond donors (Lipinski definition) is 12. The Morgan fingerprint density at radius 2 is 0.933 bits per heavy atom. The maximum atomic E-state index is 13.3. The molecule has 3 fully saturated rings. The van der Waals surface area contributed by atoms with E-state index in [1.54, 1.807) is 6.08 Å². The molecule has 0 aromatic rings. The van der Waals surface area contributed by atoms with Crippen molar-refractivity contribution in [2.45, 2.75) is 259 Å². The van der Waals surface area contributed by atoms with Gasteiger partial charge in [0.25, 0.3) is 0 Å². The molecule has 3 aliphatic rings. The van der Waals surface area contributed by atoms with Crippen LogP contribution in [0.3, 0.4) is 0 Å². The molecule has 12 N–H and O–H groups in total. The number of aliphatic hydroxyl groups is 11. The smallest absolute Gasteiger partial charge is 0.220 e. The quantitative estimate of drug-likeness (QED) is 0.0309. The average Bonchev–Trinajstić information content (AvgIpc) is 3.41. The number of amides is 1. The molecule has 0 aromatic heterocycles. The van der Waals surface area contributed by atoms with Gasteiger partial charge in [0.2, 0.25) is 5.91 Å². The second-order valence-electron chi connectivity index (χ2n) is 20.0. The van der Waals surface area contributed by atoms with E-state index in [2.05, 4.69) is 67.8 Å². The molecule has 0 spiro atoms. The van der Waals surface area contributed by atoms with Crippen LogP contribution in [0.2, 0.25) is 0 Å². The summed E-state index contributed by atoms with van der Waals surface area (Å²) in [7, 11) is 0. The topological polar surface area (TPSA) is 307 Å². The Hall–Kier alpha value is -2.51. The van der Waals surface area contributed by atoms with Crippen LogP contribution in [0.25, 0.3) is 0 Å². The minimum atomic E-state index is -1.98. The predicted octanol–water partition coefficient (Wildman–Crippen LogP) is 3.70. The summed E-state index contributed by atoms with van der Waals surface area (Å²) in [5, 5.41) is 120. The first kappa shape index (κ1) is 66.8. The van der Waals surface area contributed by atoms with Crippen molar-refractivity contribution in [3.05, 3.63) is 60.8 Å². The van der Waals surface area contributed by atoms with Gasteiger partial charge >= 0.3 is 0 Å². The molecule has 0 saturated carbocycles. The van der Waals surface area contributed by atoms with Crippen LogP contribution in [-0.2, 0) is 33.2 Å². The Balaban J connectivity index is 1.56. The third-order valence-electron chi connectivity index (χ3n) is 13.8. The van der Waals surface area contributed by atoms with Crippen molar-refractivity contribution in [3.63, 3.8) is 0 Å². The molecule has 17 unspecified atom stereocenters. The van der Waals surface area contributed by atoms with E-state index >= 15 is 0 Å². The highest BCUT2D eigenvalue weighted by Gasteiger charge is 2.53. The second kappa shape index (κ2) is 39.8. The molecule has 19 nitrogen and oxygen atoms in total. The number of carbonyl (C=O) groups is 1. The molecule has 3 aliphatic heterocycles. The zero-order valence-corrected chi connectivity index (χ0v) is 44.8. The van der Waals surface area contributed by atoms with Gasteiger partial charge in [-0.3, -0.25) is 4.79 Å². The molecule has 3 heterocycles. The van der Waals surface area contributed by atoms with Gasteiger partial charge in [0.05, 0.1) is 38.6 Å². The highest BCUT2D eigenvalue weighted by Crippen LogP contribution is 2.33. The molecule has 17 atom stereocenters. The number of nitrogens with one attached hydrogen (secondary N) is 1. The second-order valence-corrected chi connectivity index (χ2v) is 20.0. The summed E-state index contributed by atoms with van der Waals surface area (Å²) >= 11 is 0. The van der Waals surface area contributed by atoms with Gasteiger partial charge in [-0.1, -0.05) is 145 Å². The van der Waals surface area contributed by atoms with E-state index < -0.39 is 124 Å². The van der Waals surface area contributed by atoms with Crippen molar-refractivity contribution in [2.24, 2.45) is 0 Å². The van der Waals surface area contributed by atoms with Gasteiger partial charge in [-0.2, -0.15) is 0 Å². The van der Waals surface area contributed by atoms with E-state index in [1.807, 2.05) is 6.08 Å². The van der Waals surface area contributed by atoms with E-state index in [1.165, 1.54) is 51.4 Å². The monoisotopic (exact) mass is 1070 g/mol. The van der Waals surface area contributed by atoms with Crippen molar-refractivity contribution >= 4 is 5.91 Å². The third-order valence-corrected chi connectivity index (χ3v) is 13.8. The molecule has 3 rings (SSSR count). The summed E-state index contributed by atoms with van der Waals surface area (Å²) in [6.07, 6.45) is 16.4. The summed E-state index contributed by atoms with van der Waals surface area (Å²) in [6.45, 7) is 1.54. The van der Waals surface area contributed by atoms with Gasteiger partial charge in [-0.05, 0) is 64.2 Å². The van der Waals surface area contributed by atoms with E-state index in [-0.39, 0.29) is 18.9 Å². The molecular formula is C56H97NO18. The number of carbonyl (C=O) groups excluding carboxylic acids is 1. The Morgan fingerprint density at radius 1 is 0.493 bits per heavy atom. The number of aliphatic hydroxyl groups excluding tert-OH is 11. The van der Waals surface area contributed by atoms with Crippen LogP contribution in [0.1, 0.15) is 155 Å². The maximum absolute atomic E-state index is 13.3. The van der Waals surface area contributed by atoms with Crippen LogP contribution in [0.15, 0.2) is 60.8 Å². The van der Waals surface area contributed by atoms with Gasteiger partial charge in [0.15, 0.2) is 18.9 Å². The largest absolute Gasteiger partial charge is 0.394 e. The molecule has 1 amide bonds. The Kier molecular flexibility index (Phi) is 35.4. The Morgan fingerprint density at radius 3 is 1.49 bits per heavy atom. The summed E-state index contributed by atoms with van der Waals surface area (Å²) < 4.78 is 34.1. The standard InChI is InChI=1S/C56H97NO18/c1-3-5-7-9-11-13-15-17-19-21-23-25-27-29-31-33-40(61)39(57-44(62)34-32-30-28-26-24-22-20-18-16-14-12-10-8-6-4-2)38-70-54-50(68)47(65)52(42(36-59)72-54)75-56-51(69)48(66)53(43(37-60)73-56)74-55-49(67)46(64)45(63)41(35-58)71-55/h6,8,12,14,18,20,23,25,31,33,39-43,45-56,58-61,63-69H,3-5,7,9-11,13,15-17,19,21-22,24,26-30,32,34-38H2,1-2H3,(H,57,62)/b8-6-,14-12-,20-18-,25-23+,33-31+. The lowest BCUT2D eigenvalue weighted by molar-refractivity contribution is -0.379. The van der Waals surface area contributed by atoms with Crippen LogP contribution in [-0.4, -0.2) is 193 Å². The van der Waals surface area contributed by atoms with Gasteiger partial charge < -0.3 is 89.9 Å².